The van der Waals surface area contributed by atoms with E-state index in [4.69, 9.17) is 4.52 Å². The molecule has 1 aliphatic heterocycles. The van der Waals surface area contributed by atoms with Gasteiger partial charge in [0.15, 0.2) is 5.82 Å². The maximum atomic E-state index is 5.25. The molecule has 1 aliphatic rings. The summed E-state index contributed by atoms with van der Waals surface area (Å²) in [6, 6.07) is 0.537. The number of piperazine rings is 1. The SMILES string of the molecule is CCCc1noc(CN2CCNC[C@@H]2C)n1.Cl. The molecule has 1 fully saturated rings. The summed E-state index contributed by atoms with van der Waals surface area (Å²) in [5.74, 6) is 1.58. The molecule has 2 heterocycles. The standard InChI is InChI=1S/C11H20N4O.ClH/c1-3-4-10-13-11(16-14-10)8-15-6-5-12-7-9(15)2;/h9,12H,3-8H2,1-2H3;1H/t9-;/m0./s1. The van der Waals surface area contributed by atoms with Crippen molar-refractivity contribution in [3.63, 3.8) is 0 Å². The largest absolute Gasteiger partial charge is 0.338 e. The number of rotatable bonds is 4. The number of hydrogen-bond donors (Lipinski definition) is 1. The van der Waals surface area contributed by atoms with Gasteiger partial charge in [-0.25, -0.2) is 0 Å². The van der Waals surface area contributed by atoms with Crippen molar-refractivity contribution < 1.29 is 4.52 Å². The molecule has 1 atom stereocenters. The average molecular weight is 261 g/mol. The maximum Gasteiger partial charge on any atom is 0.240 e. The number of nitrogens with zero attached hydrogens (tertiary/aromatic N) is 3. The first kappa shape index (κ1) is 14.4. The molecule has 98 valence electrons. The monoisotopic (exact) mass is 260 g/mol. The third kappa shape index (κ3) is 3.94. The molecular formula is C11H21ClN4O. The van der Waals surface area contributed by atoms with Gasteiger partial charge in [0.2, 0.25) is 5.89 Å². The van der Waals surface area contributed by atoms with E-state index < -0.39 is 0 Å². The highest BCUT2D eigenvalue weighted by molar-refractivity contribution is 5.85. The molecule has 0 saturated carbocycles. The van der Waals surface area contributed by atoms with Gasteiger partial charge in [0.25, 0.3) is 0 Å². The molecule has 5 nitrogen and oxygen atoms in total. The van der Waals surface area contributed by atoms with Crippen molar-refractivity contribution in [2.75, 3.05) is 19.6 Å². The maximum absolute atomic E-state index is 5.25. The minimum Gasteiger partial charge on any atom is -0.338 e. The normalized spacial score (nSPS) is 21.2. The number of aromatic nitrogens is 2. The van der Waals surface area contributed by atoms with Gasteiger partial charge in [-0.05, 0) is 13.3 Å². The van der Waals surface area contributed by atoms with Crippen molar-refractivity contribution in [1.82, 2.24) is 20.4 Å². The van der Waals surface area contributed by atoms with Gasteiger partial charge in [-0.15, -0.1) is 12.4 Å². The average Bonchev–Trinajstić information content (AvgIpc) is 2.70. The fourth-order valence-corrected chi connectivity index (χ4v) is 1.97. The minimum absolute atomic E-state index is 0. The molecule has 1 aromatic heterocycles. The Morgan fingerprint density at radius 3 is 3.06 bits per heavy atom. The summed E-state index contributed by atoms with van der Waals surface area (Å²) in [5, 5.41) is 7.34. The number of hydrogen-bond acceptors (Lipinski definition) is 5. The van der Waals surface area contributed by atoms with Crippen LogP contribution in [-0.4, -0.2) is 40.7 Å². The van der Waals surface area contributed by atoms with Crippen molar-refractivity contribution >= 4 is 12.4 Å². The van der Waals surface area contributed by atoms with Gasteiger partial charge >= 0.3 is 0 Å². The van der Waals surface area contributed by atoms with Crippen LogP contribution in [0.1, 0.15) is 32.0 Å². The van der Waals surface area contributed by atoms with Gasteiger partial charge in [-0.1, -0.05) is 12.1 Å². The molecule has 0 aromatic carbocycles. The molecule has 1 aromatic rings. The number of aryl methyl sites for hydroxylation is 1. The molecule has 6 heteroatoms. The Bertz CT molecular complexity index is 331. The van der Waals surface area contributed by atoms with Gasteiger partial charge in [-0.2, -0.15) is 4.98 Å². The summed E-state index contributed by atoms with van der Waals surface area (Å²) in [6.07, 6.45) is 1.96. The molecule has 2 rings (SSSR count). The first-order valence-corrected chi connectivity index (χ1v) is 6.06. The van der Waals surface area contributed by atoms with Crippen LogP contribution in [-0.2, 0) is 13.0 Å². The predicted octanol–water partition coefficient (Wildman–Crippen LogP) is 1.24. The first-order chi connectivity index (χ1) is 7.79. The van der Waals surface area contributed by atoms with E-state index in [-0.39, 0.29) is 12.4 Å². The second-order valence-corrected chi connectivity index (χ2v) is 4.38. The van der Waals surface area contributed by atoms with Crippen molar-refractivity contribution in [2.45, 2.75) is 39.3 Å². The lowest BCUT2D eigenvalue weighted by Gasteiger charge is -2.32. The van der Waals surface area contributed by atoms with Crippen LogP contribution in [0.5, 0.6) is 0 Å². The molecule has 0 spiro atoms. The lowest BCUT2D eigenvalue weighted by Crippen LogP contribution is -2.49. The van der Waals surface area contributed by atoms with Crippen molar-refractivity contribution in [1.29, 1.82) is 0 Å². The van der Waals surface area contributed by atoms with Crippen LogP contribution in [0.25, 0.3) is 0 Å². The second kappa shape index (κ2) is 6.93. The Hall–Kier alpha value is -0.650. The van der Waals surface area contributed by atoms with Crippen molar-refractivity contribution in [3.8, 4) is 0 Å². The van der Waals surface area contributed by atoms with Crippen LogP contribution in [0.15, 0.2) is 4.52 Å². The topological polar surface area (TPSA) is 54.2 Å². The van der Waals surface area contributed by atoms with E-state index in [1.54, 1.807) is 0 Å². The van der Waals surface area contributed by atoms with Gasteiger partial charge in [0, 0.05) is 32.1 Å². The van der Waals surface area contributed by atoms with E-state index in [9.17, 15) is 0 Å². The summed E-state index contributed by atoms with van der Waals surface area (Å²) in [5.41, 5.74) is 0. The van der Waals surface area contributed by atoms with Crippen LogP contribution in [0.3, 0.4) is 0 Å². The smallest absolute Gasteiger partial charge is 0.240 e. The fraction of sp³-hybridized carbons (Fsp3) is 0.818. The van der Waals surface area contributed by atoms with Crippen LogP contribution < -0.4 is 5.32 Å². The van der Waals surface area contributed by atoms with Gasteiger partial charge < -0.3 is 9.84 Å². The molecular weight excluding hydrogens is 240 g/mol. The molecule has 17 heavy (non-hydrogen) atoms. The summed E-state index contributed by atoms with van der Waals surface area (Å²) in [7, 11) is 0. The van der Waals surface area contributed by atoms with E-state index in [2.05, 4.69) is 34.2 Å². The zero-order valence-corrected chi connectivity index (χ0v) is 11.3. The summed E-state index contributed by atoms with van der Waals surface area (Å²) in [4.78, 5) is 6.76. The third-order valence-corrected chi connectivity index (χ3v) is 2.96. The fourth-order valence-electron chi connectivity index (χ4n) is 1.97. The second-order valence-electron chi connectivity index (χ2n) is 4.38. The molecule has 0 amide bonds. The lowest BCUT2D eigenvalue weighted by molar-refractivity contribution is 0.146. The Balaban J connectivity index is 0.00000144. The van der Waals surface area contributed by atoms with Crippen LogP contribution in [0, 0.1) is 0 Å². The van der Waals surface area contributed by atoms with Crippen LogP contribution in [0.2, 0.25) is 0 Å². The molecule has 0 bridgehead atoms. The Kier molecular flexibility index (Phi) is 5.88. The zero-order chi connectivity index (χ0) is 11.4. The summed E-state index contributed by atoms with van der Waals surface area (Å²) < 4.78 is 5.25. The predicted molar refractivity (Wildman–Crippen MR) is 68.3 cm³/mol. The Morgan fingerprint density at radius 1 is 1.53 bits per heavy atom. The first-order valence-electron chi connectivity index (χ1n) is 6.06. The minimum atomic E-state index is 0. The molecule has 1 saturated heterocycles. The quantitative estimate of drug-likeness (QED) is 0.883. The zero-order valence-electron chi connectivity index (χ0n) is 10.5. The number of halogens is 1. The summed E-state index contributed by atoms with van der Waals surface area (Å²) in [6.45, 7) is 8.24. The molecule has 0 radical (unpaired) electrons. The Morgan fingerprint density at radius 2 is 2.35 bits per heavy atom. The molecule has 0 aliphatic carbocycles. The molecule has 1 N–H and O–H groups in total. The van der Waals surface area contributed by atoms with Gasteiger partial charge in [-0.3, -0.25) is 4.90 Å². The van der Waals surface area contributed by atoms with E-state index in [1.165, 1.54) is 0 Å². The third-order valence-electron chi connectivity index (χ3n) is 2.96. The van der Waals surface area contributed by atoms with E-state index in [0.717, 1.165) is 50.7 Å². The van der Waals surface area contributed by atoms with E-state index in [1.807, 2.05) is 0 Å². The Labute approximate surface area is 108 Å². The van der Waals surface area contributed by atoms with Gasteiger partial charge in [0.05, 0.1) is 6.54 Å². The van der Waals surface area contributed by atoms with E-state index >= 15 is 0 Å². The van der Waals surface area contributed by atoms with Gasteiger partial charge in [0.1, 0.15) is 0 Å². The molecule has 0 unspecified atom stereocenters. The highest BCUT2D eigenvalue weighted by atomic mass is 35.5. The number of nitrogens with one attached hydrogen (secondary N) is 1. The highest BCUT2D eigenvalue weighted by Crippen LogP contribution is 2.09. The van der Waals surface area contributed by atoms with Crippen LogP contribution in [0.4, 0.5) is 0 Å². The van der Waals surface area contributed by atoms with Crippen molar-refractivity contribution in [3.05, 3.63) is 11.7 Å². The van der Waals surface area contributed by atoms with Crippen molar-refractivity contribution in [2.24, 2.45) is 0 Å². The highest BCUT2D eigenvalue weighted by Gasteiger charge is 2.20. The van der Waals surface area contributed by atoms with Crippen LogP contribution >= 0.6 is 12.4 Å². The summed E-state index contributed by atoms with van der Waals surface area (Å²) >= 11 is 0. The lowest BCUT2D eigenvalue weighted by atomic mass is 10.2. The van der Waals surface area contributed by atoms with E-state index in [0.29, 0.717) is 6.04 Å².